The van der Waals surface area contributed by atoms with E-state index in [0.717, 1.165) is 12.1 Å². The van der Waals surface area contributed by atoms with Gasteiger partial charge in [0.15, 0.2) is 0 Å². The van der Waals surface area contributed by atoms with Crippen LogP contribution in [0.2, 0.25) is 0 Å². The van der Waals surface area contributed by atoms with E-state index < -0.39 is 34.2 Å². The highest BCUT2D eigenvalue weighted by molar-refractivity contribution is 7.90. The van der Waals surface area contributed by atoms with Gasteiger partial charge < -0.3 is 5.73 Å². The van der Waals surface area contributed by atoms with E-state index in [2.05, 4.69) is 0 Å². The number of carbonyl (C=O) groups excluding carboxylic acids is 1. The van der Waals surface area contributed by atoms with Crippen LogP contribution in [0.4, 0.5) is 13.2 Å². The summed E-state index contributed by atoms with van der Waals surface area (Å²) in [6.07, 6.45) is -4.45. The van der Waals surface area contributed by atoms with E-state index in [4.69, 9.17) is 5.73 Å². The highest BCUT2D eigenvalue weighted by Crippen LogP contribution is 2.31. The lowest BCUT2D eigenvalue weighted by Gasteiger charge is -2.10. The summed E-state index contributed by atoms with van der Waals surface area (Å²) >= 11 is 0. The molecule has 0 atom stereocenters. The third-order valence-corrected chi connectivity index (χ3v) is 4.49. The van der Waals surface area contributed by atoms with Crippen molar-refractivity contribution in [2.24, 2.45) is 5.73 Å². The summed E-state index contributed by atoms with van der Waals surface area (Å²) in [4.78, 5) is 11.0. The van der Waals surface area contributed by atoms with Gasteiger partial charge in [0.2, 0.25) is 5.91 Å². The van der Waals surface area contributed by atoms with Gasteiger partial charge in [-0.15, -0.1) is 0 Å². The van der Waals surface area contributed by atoms with E-state index in [1.165, 1.54) is 30.3 Å². The van der Waals surface area contributed by atoms with Crippen molar-refractivity contribution < 1.29 is 26.4 Å². The third-order valence-electron chi connectivity index (χ3n) is 3.12. The minimum Gasteiger partial charge on any atom is -0.322 e. The molecule has 5 nitrogen and oxygen atoms in total. The minimum absolute atomic E-state index is 0.193. The molecule has 0 saturated carbocycles. The molecule has 0 aliphatic heterocycles. The van der Waals surface area contributed by atoms with Crippen molar-refractivity contribution in [3.05, 3.63) is 54.1 Å². The number of sulfonamides is 1. The van der Waals surface area contributed by atoms with E-state index in [-0.39, 0.29) is 4.90 Å². The summed E-state index contributed by atoms with van der Waals surface area (Å²) in [6.45, 7) is -0.488. The van der Waals surface area contributed by atoms with Crippen molar-refractivity contribution in [3.63, 3.8) is 0 Å². The molecule has 9 heteroatoms. The van der Waals surface area contributed by atoms with E-state index in [1.54, 1.807) is 10.8 Å². The number of halogens is 3. The van der Waals surface area contributed by atoms with Crippen molar-refractivity contribution in [2.75, 3.05) is 6.54 Å². The molecule has 0 aliphatic carbocycles. The maximum Gasteiger partial charge on any atom is 0.416 e. The Kier molecular flexibility index (Phi) is 4.95. The van der Waals surface area contributed by atoms with Crippen LogP contribution in [-0.2, 0) is 21.0 Å². The molecule has 2 rings (SSSR count). The molecular formula is C15H13F3N2O3S. The van der Waals surface area contributed by atoms with Crippen molar-refractivity contribution in [1.82, 2.24) is 4.72 Å². The first-order valence-electron chi connectivity index (χ1n) is 6.67. The molecule has 128 valence electrons. The summed E-state index contributed by atoms with van der Waals surface area (Å²) in [5.41, 5.74) is 5.06. The minimum atomic E-state index is -4.45. The average Bonchev–Trinajstić information content (AvgIpc) is 2.54. The number of amides is 1. The second-order valence-electron chi connectivity index (χ2n) is 4.84. The lowest BCUT2D eigenvalue weighted by Crippen LogP contribution is -2.35. The maximum atomic E-state index is 12.6. The molecular weight excluding hydrogens is 345 g/mol. The molecule has 0 aromatic heterocycles. The number of hydrogen-bond donors (Lipinski definition) is 2. The van der Waals surface area contributed by atoms with Crippen molar-refractivity contribution in [1.29, 1.82) is 0 Å². The molecule has 0 saturated heterocycles. The van der Waals surface area contributed by atoms with E-state index in [0.29, 0.717) is 11.1 Å². The summed E-state index contributed by atoms with van der Waals surface area (Å²) in [7, 11) is -4.09. The molecule has 0 fully saturated rings. The van der Waals surface area contributed by atoms with Gasteiger partial charge in [0, 0.05) is 0 Å². The van der Waals surface area contributed by atoms with E-state index >= 15 is 0 Å². The number of benzene rings is 2. The molecule has 2 aromatic rings. The normalized spacial score (nSPS) is 12.0. The van der Waals surface area contributed by atoms with Crippen LogP contribution >= 0.6 is 0 Å². The second-order valence-corrected chi connectivity index (χ2v) is 6.52. The number of rotatable bonds is 4. The van der Waals surface area contributed by atoms with Gasteiger partial charge in [-0.3, -0.25) is 4.79 Å². The first-order chi connectivity index (χ1) is 11.1. The van der Waals surface area contributed by atoms with Gasteiger partial charge in [-0.05, 0) is 35.4 Å². The monoisotopic (exact) mass is 358 g/mol. The summed E-state index contributed by atoms with van der Waals surface area (Å²) < 4.78 is 63.6. The summed E-state index contributed by atoms with van der Waals surface area (Å²) in [6, 6.07) is 9.80. The number of carbonyl (C=O) groups is 1. The molecule has 0 heterocycles. The Morgan fingerprint density at radius 3 is 2.21 bits per heavy atom. The summed E-state index contributed by atoms with van der Waals surface area (Å²) in [5.74, 6) is -0.866. The molecule has 3 N–H and O–H groups in total. The molecule has 0 bridgehead atoms. The molecule has 0 spiro atoms. The molecule has 2 aromatic carbocycles. The van der Waals surface area contributed by atoms with Gasteiger partial charge in [-0.2, -0.15) is 13.2 Å². The Morgan fingerprint density at radius 1 is 1.04 bits per heavy atom. The van der Waals surface area contributed by atoms with Crippen LogP contribution in [0, 0.1) is 0 Å². The number of nitrogens with one attached hydrogen (secondary N) is 1. The van der Waals surface area contributed by atoms with Crippen LogP contribution in [0.5, 0.6) is 0 Å². The SMILES string of the molecule is NCC(=O)NS(=O)(=O)c1cccc(-c2ccc(C(F)(F)F)cc2)c1. The van der Waals surface area contributed by atoms with Gasteiger partial charge in [-0.25, -0.2) is 13.1 Å². The fourth-order valence-electron chi connectivity index (χ4n) is 1.94. The van der Waals surface area contributed by atoms with E-state index in [9.17, 15) is 26.4 Å². The highest BCUT2D eigenvalue weighted by Gasteiger charge is 2.30. The zero-order valence-electron chi connectivity index (χ0n) is 12.2. The smallest absolute Gasteiger partial charge is 0.322 e. The molecule has 0 unspecified atom stereocenters. The van der Waals surface area contributed by atoms with Crippen molar-refractivity contribution in [3.8, 4) is 11.1 Å². The van der Waals surface area contributed by atoms with Crippen LogP contribution in [0.3, 0.4) is 0 Å². The molecule has 0 radical (unpaired) electrons. The molecule has 0 aliphatic rings. The number of alkyl halides is 3. The van der Waals surface area contributed by atoms with Crippen molar-refractivity contribution >= 4 is 15.9 Å². The Morgan fingerprint density at radius 2 is 1.67 bits per heavy atom. The Hall–Kier alpha value is -2.39. The molecule has 24 heavy (non-hydrogen) atoms. The Bertz CT molecular complexity index is 847. The largest absolute Gasteiger partial charge is 0.416 e. The van der Waals surface area contributed by atoms with Gasteiger partial charge in [0.25, 0.3) is 10.0 Å². The third kappa shape index (κ3) is 4.12. The first kappa shape index (κ1) is 18.0. The predicted molar refractivity (Wildman–Crippen MR) is 81.3 cm³/mol. The fraction of sp³-hybridized carbons (Fsp3) is 0.133. The zero-order valence-corrected chi connectivity index (χ0v) is 13.0. The maximum absolute atomic E-state index is 12.6. The topological polar surface area (TPSA) is 89.3 Å². The predicted octanol–water partition coefficient (Wildman–Crippen LogP) is 2.14. The van der Waals surface area contributed by atoms with Gasteiger partial charge in [0.05, 0.1) is 17.0 Å². The van der Waals surface area contributed by atoms with Crippen LogP contribution in [0.15, 0.2) is 53.4 Å². The average molecular weight is 358 g/mol. The highest BCUT2D eigenvalue weighted by atomic mass is 32.2. The second kappa shape index (κ2) is 6.62. The van der Waals surface area contributed by atoms with Gasteiger partial charge >= 0.3 is 6.18 Å². The Balaban J connectivity index is 2.36. The summed E-state index contributed by atoms with van der Waals surface area (Å²) in [5, 5.41) is 0. The Labute approximate surface area is 136 Å². The molecule has 1 amide bonds. The lowest BCUT2D eigenvalue weighted by atomic mass is 10.0. The number of nitrogens with two attached hydrogens (primary N) is 1. The van der Waals surface area contributed by atoms with E-state index in [1.807, 2.05) is 0 Å². The quantitative estimate of drug-likeness (QED) is 0.876. The first-order valence-corrected chi connectivity index (χ1v) is 8.15. The number of hydrogen-bond acceptors (Lipinski definition) is 4. The lowest BCUT2D eigenvalue weighted by molar-refractivity contribution is -0.137. The zero-order chi connectivity index (χ0) is 18.0. The van der Waals surface area contributed by atoms with Crippen LogP contribution < -0.4 is 10.5 Å². The van der Waals surface area contributed by atoms with Crippen LogP contribution in [-0.4, -0.2) is 20.9 Å². The van der Waals surface area contributed by atoms with Gasteiger partial charge in [-0.1, -0.05) is 24.3 Å². The van der Waals surface area contributed by atoms with Crippen molar-refractivity contribution in [2.45, 2.75) is 11.1 Å². The fourth-order valence-corrected chi connectivity index (χ4v) is 2.99. The standard InChI is InChI=1S/C15H13F3N2O3S/c16-15(17,18)12-6-4-10(5-7-12)11-2-1-3-13(8-11)24(22,23)20-14(21)9-19/h1-8H,9,19H2,(H,20,21). The van der Waals surface area contributed by atoms with Gasteiger partial charge in [0.1, 0.15) is 0 Å². The van der Waals surface area contributed by atoms with Crippen LogP contribution in [0.25, 0.3) is 11.1 Å². The van der Waals surface area contributed by atoms with Crippen LogP contribution in [0.1, 0.15) is 5.56 Å².